The molecule has 0 bridgehead atoms. The van der Waals surface area contributed by atoms with E-state index in [9.17, 15) is 9.50 Å². The molecule has 2 aromatic carbocycles. The van der Waals surface area contributed by atoms with Crippen LogP contribution in [0.4, 0.5) is 4.39 Å². The Morgan fingerprint density at radius 1 is 1.14 bits per heavy atom. The molecule has 112 valence electrons. The lowest BCUT2D eigenvalue weighted by Crippen LogP contribution is -2.21. The molecule has 1 unspecified atom stereocenters. The summed E-state index contributed by atoms with van der Waals surface area (Å²) in [5.41, 5.74) is 4.06. The molecule has 0 amide bonds. The van der Waals surface area contributed by atoms with Crippen LogP contribution in [-0.2, 0) is 6.42 Å². The number of benzene rings is 2. The number of halogens is 1. The Kier molecular flexibility index (Phi) is 4.97. The van der Waals surface area contributed by atoms with Crippen LogP contribution in [0.25, 0.3) is 0 Å². The minimum absolute atomic E-state index is 0.0753. The summed E-state index contributed by atoms with van der Waals surface area (Å²) in [4.78, 5) is 0. The molecule has 2 rings (SSSR count). The van der Waals surface area contributed by atoms with Crippen LogP contribution in [0.5, 0.6) is 5.75 Å². The van der Waals surface area contributed by atoms with Crippen molar-refractivity contribution in [2.75, 3.05) is 6.54 Å². The summed E-state index contributed by atoms with van der Waals surface area (Å²) in [5.74, 6) is 0.134. The first kappa shape index (κ1) is 15.5. The van der Waals surface area contributed by atoms with Gasteiger partial charge in [0, 0.05) is 11.6 Å². The summed E-state index contributed by atoms with van der Waals surface area (Å²) in [6.07, 6.45) is 0.836. The topological polar surface area (TPSA) is 32.3 Å². The summed E-state index contributed by atoms with van der Waals surface area (Å²) in [6.45, 7) is 6.69. The Bertz CT molecular complexity index is 625. The van der Waals surface area contributed by atoms with Crippen molar-refractivity contribution in [1.29, 1.82) is 0 Å². The van der Waals surface area contributed by atoms with E-state index >= 15 is 0 Å². The van der Waals surface area contributed by atoms with Gasteiger partial charge in [-0.1, -0.05) is 18.2 Å². The first-order valence-corrected chi connectivity index (χ1v) is 7.25. The molecule has 0 aliphatic carbocycles. The molecule has 0 aliphatic heterocycles. The molecule has 0 aliphatic rings. The van der Waals surface area contributed by atoms with Crippen molar-refractivity contribution in [2.45, 2.75) is 33.2 Å². The number of phenolic OH excluding ortho intramolecular Hbond substituents is 1. The molecule has 0 radical (unpaired) electrons. The van der Waals surface area contributed by atoms with E-state index in [0.717, 1.165) is 35.2 Å². The number of aromatic hydroxyl groups is 1. The fourth-order valence-corrected chi connectivity index (χ4v) is 2.49. The highest BCUT2D eigenvalue weighted by atomic mass is 19.1. The van der Waals surface area contributed by atoms with Crippen molar-refractivity contribution in [3.05, 3.63) is 64.5 Å². The maximum absolute atomic E-state index is 13.1. The molecule has 2 aromatic rings. The van der Waals surface area contributed by atoms with Gasteiger partial charge < -0.3 is 10.4 Å². The van der Waals surface area contributed by atoms with Crippen LogP contribution in [0, 0.1) is 19.7 Å². The molecule has 2 N–H and O–H groups in total. The maximum atomic E-state index is 13.1. The summed E-state index contributed by atoms with van der Waals surface area (Å²) >= 11 is 0. The summed E-state index contributed by atoms with van der Waals surface area (Å²) in [6, 6.07) is 10.7. The number of nitrogens with one attached hydrogen (secondary N) is 1. The predicted molar refractivity (Wildman–Crippen MR) is 84.1 cm³/mol. The molecule has 2 nitrogen and oxygen atoms in total. The fourth-order valence-electron chi connectivity index (χ4n) is 2.49. The fraction of sp³-hybridized carbons (Fsp3) is 0.333. The van der Waals surface area contributed by atoms with Gasteiger partial charge in [0.25, 0.3) is 0 Å². The molecule has 0 aromatic heterocycles. The highest BCUT2D eigenvalue weighted by molar-refractivity contribution is 5.37. The first-order chi connectivity index (χ1) is 9.97. The molecule has 3 heteroatoms. The SMILES string of the molecule is Cc1ccc(C(C)NCCc2ccc(F)cc2C)c(O)c1. The van der Waals surface area contributed by atoms with Gasteiger partial charge in [0.15, 0.2) is 0 Å². The average molecular weight is 287 g/mol. The second kappa shape index (κ2) is 6.72. The number of hydrogen-bond donors (Lipinski definition) is 2. The van der Waals surface area contributed by atoms with E-state index in [0.29, 0.717) is 5.75 Å². The van der Waals surface area contributed by atoms with Gasteiger partial charge in [0.1, 0.15) is 11.6 Å². The molecule has 0 saturated heterocycles. The van der Waals surface area contributed by atoms with Crippen LogP contribution in [0.1, 0.15) is 35.2 Å². The van der Waals surface area contributed by atoms with Crippen molar-refractivity contribution in [2.24, 2.45) is 0 Å². The normalized spacial score (nSPS) is 12.4. The molecular formula is C18H22FNO. The number of aryl methyl sites for hydroxylation is 2. The maximum Gasteiger partial charge on any atom is 0.123 e. The van der Waals surface area contributed by atoms with Crippen LogP contribution in [-0.4, -0.2) is 11.7 Å². The van der Waals surface area contributed by atoms with Gasteiger partial charge in [-0.15, -0.1) is 0 Å². The predicted octanol–water partition coefficient (Wildman–Crippen LogP) is 4.04. The Hall–Kier alpha value is -1.87. The lowest BCUT2D eigenvalue weighted by Gasteiger charge is -2.16. The van der Waals surface area contributed by atoms with E-state index in [1.807, 2.05) is 39.0 Å². The van der Waals surface area contributed by atoms with Crippen LogP contribution in [0.2, 0.25) is 0 Å². The number of phenols is 1. The van der Waals surface area contributed by atoms with Gasteiger partial charge in [-0.2, -0.15) is 0 Å². The van der Waals surface area contributed by atoms with Crippen molar-refractivity contribution in [3.63, 3.8) is 0 Å². The van der Waals surface area contributed by atoms with Gasteiger partial charge in [-0.3, -0.25) is 0 Å². The van der Waals surface area contributed by atoms with Crippen LogP contribution in [0.15, 0.2) is 36.4 Å². The Balaban J connectivity index is 1.93. The number of hydrogen-bond acceptors (Lipinski definition) is 2. The van der Waals surface area contributed by atoms with Gasteiger partial charge in [-0.25, -0.2) is 4.39 Å². The lowest BCUT2D eigenvalue weighted by atomic mass is 10.0. The van der Waals surface area contributed by atoms with E-state index in [2.05, 4.69) is 5.32 Å². The largest absolute Gasteiger partial charge is 0.508 e. The second-order valence-corrected chi connectivity index (χ2v) is 5.56. The van der Waals surface area contributed by atoms with E-state index in [1.165, 1.54) is 6.07 Å². The molecule has 0 fully saturated rings. The van der Waals surface area contributed by atoms with E-state index in [-0.39, 0.29) is 11.9 Å². The third kappa shape index (κ3) is 4.05. The summed E-state index contributed by atoms with van der Waals surface area (Å²) in [7, 11) is 0. The molecule has 1 atom stereocenters. The lowest BCUT2D eigenvalue weighted by molar-refractivity contribution is 0.452. The molecule has 0 spiro atoms. The molecule has 0 saturated carbocycles. The second-order valence-electron chi connectivity index (χ2n) is 5.56. The number of rotatable bonds is 5. The minimum Gasteiger partial charge on any atom is -0.508 e. The van der Waals surface area contributed by atoms with Gasteiger partial charge in [0.05, 0.1) is 0 Å². The van der Waals surface area contributed by atoms with Crippen molar-refractivity contribution < 1.29 is 9.50 Å². The summed E-state index contributed by atoms with van der Waals surface area (Å²) < 4.78 is 13.1. The Morgan fingerprint density at radius 3 is 2.57 bits per heavy atom. The van der Waals surface area contributed by atoms with Gasteiger partial charge in [-0.05, 0) is 68.6 Å². The van der Waals surface area contributed by atoms with E-state index in [1.54, 1.807) is 12.1 Å². The third-order valence-corrected chi connectivity index (χ3v) is 3.80. The van der Waals surface area contributed by atoms with Crippen LogP contribution >= 0.6 is 0 Å². The Morgan fingerprint density at radius 2 is 1.90 bits per heavy atom. The van der Waals surface area contributed by atoms with E-state index < -0.39 is 0 Å². The zero-order valence-corrected chi connectivity index (χ0v) is 12.8. The average Bonchev–Trinajstić information content (AvgIpc) is 2.41. The van der Waals surface area contributed by atoms with Gasteiger partial charge >= 0.3 is 0 Å². The minimum atomic E-state index is -0.192. The van der Waals surface area contributed by atoms with E-state index in [4.69, 9.17) is 0 Å². The first-order valence-electron chi connectivity index (χ1n) is 7.25. The third-order valence-electron chi connectivity index (χ3n) is 3.80. The molecular weight excluding hydrogens is 265 g/mol. The zero-order chi connectivity index (χ0) is 15.4. The van der Waals surface area contributed by atoms with Crippen LogP contribution < -0.4 is 5.32 Å². The quantitative estimate of drug-likeness (QED) is 0.870. The highest BCUT2D eigenvalue weighted by Crippen LogP contribution is 2.24. The standard InChI is InChI=1S/C18H22FNO/c1-12-4-7-17(18(21)10-12)14(3)20-9-8-15-5-6-16(19)11-13(15)2/h4-7,10-11,14,20-21H,8-9H2,1-3H3. The monoisotopic (exact) mass is 287 g/mol. The highest BCUT2D eigenvalue weighted by Gasteiger charge is 2.10. The van der Waals surface area contributed by atoms with Crippen molar-refractivity contribution in [3.8, 4) is 5.75 Å². The smallest absolute Gasteiger partial charge is 0.123 e. The molecule has 21 heavy (non-hydrogen) atoms. The van der Waals surface area contributed by atoms with Gasteiger partial charge in [0.2, 0.25) is 0 Å². The molecule has 0 heterocycles. The zero-order valence-electron chi connectivity index (χ0n) is 12.8. The van der Waals surface area contributed by atoms with Crippen LogP contribution in [0.3, 0.4) is 0 Å². The van der Waals surface area contributed by atoms with Crippen molar-refractivity contribution >= 4 is 0 Å². The Labute approximate surface area is 125 Å². The summed E-state index contributed by atoms with van der Waals surface area (Å²) in [5, 5.41) is 13.4. The van der Waals surface area contributed by atoms with Crippen molar-refractivity contribution in [1.82, 2.24) is 5.32 Å².